The summed E-state index contributed by atoms with van der Waals surface area (Å²) < 4.78 is 0. The number of amides is 1. The summed E-state index contributed by atoms with van der Waals surface area (Å²) in [6.07, 6.45) is 2.82. The van der Waals surface area contributed by atoms with E-state index >= 15 is 0 Å². The first-order chi connectivity index (χ1) is 9.50. The summed E-state index contributed by atoms with van der Waals surface area (Å²) in [5, 5.41) is 11.1. The highest BCUT2D eigenvalue weighted by molar-refractivity contribution is 7.10. The van der Waals surface area contributed by atoms with Crippen LogP contribution in [0, 0.1) is 11.8 Å². The van der Waals surface area contributed by atoms with Crippen LogP contribution in [0.15, 0.2) is 17.5 Å². The number of hydrogen-bond donors (Lipinski definition) is 1. The standard InChI is InChI=1S/C15H21NO3S/c1-10(13-7-4-8-20-13)16(2)14(17)11-5-3-6-12(9-11)15(18)19/h4,7-8,10-12H,3,5-6,9H2,1-2H3,(H,18,19)/t10-,11-,12-/m1/s1. The molecule has 2 rings (SSSR count). The van der Waals surface area contributed by atoms with Crippen LogP contribution in [-0.2, 0) is 9.59 Å². The van der Waals surface area contributed by atoms with Gasteiger partial charge >= 0.3 is 5.97 Å². The van der Waals surface area contributed by atoms with Crippen molar-refractivity contribution in [3.63, 3.8) is 0 Å². The summed E-state index contributed by atoms with van der Waals surface area (Å²) in [6.45, 7) is 2.02. The highest BCUT2D eigenvalue weighted by Gasteiger charge is 2.33. The molecule has 3 atom stereocenters. The first-order valence-corrected chi connectivity index (χ1v) is 7.91. The molecule has 0 spiro atoms. The van der Waals surface area contributed by atoms with Crippen LogP contribution in [0.2, 0.25) is 0 Å². The van der Waals surface area contributed by atoms with Crippen molar-refractivity contribution >= 4 is 23.2 Å². The normalized spacial score (nSPS) is 24.1. The zero-order valence-corrected chi connectivity index (χ0v) is 12.7. The van der Waals surface area contributed by atoms with Gasteiger partial charge < -0.3 is 10.0 Å². The summed E-state index contributed by atoms with van der Waals surface area (Å²) >= 11 is 1.64. The van der Waals surface area contributed by atoms with Crippen LogP contribution in [0.25, 0.3) is 0 Å². The van der Waals surface area contributed by atoms with E-state index < -0.39 is 5.97 Å². The van der Waals surface area contributed by atoms with Gasteiger partial charge in [-0.1, -0.05) is 12.5 Å². The Kier molecular flexibility index (Phi) is 4.81. The molecule has 1 heterocycles. The van der Waals surface area contributed by atoms with Gasteiger partial charge in [-0.15, -0.1) is 11.3 Å². The topological polar surface area (TPSA) is 57.6 Å². The summed E-state index contributed by atoms with van der Waals surface area (Å²) in [4.78, 5) is 26.6. The number of carboxylic acids is 1. The number of rotatable bonds is 4. The van der Waals surface area contributed by atoms with Crippen LogP contribution >= 0.6 is 11.3 Å². The van der Waals surface area contributed by atoms with Crippen LogP contribution < -0.4 is 0 Å². The number of aliphatic carboxylic acids is 1. The number of nitrogens with zero attached hydrogens (tertiary/aromatic N) is 1. The first-order valence-electron chi connectivity index (χ1n) is 7.03. The molecule has 1 aromatic heterocycles. The number of thiophene rings is 1. The Morgan fingerprint density at radius 2 is 2.10 bits per heavy atom. The van der Waals surface area contributed by atoms with Gasteiger partial charge in [0.25, 0.3) is 0 Å². The van der Waals surface area contributed by atoms with Crippen molar-refractivity contribution in [2.45, 2.75) is 38.6 Å². The van der Waals surface area contributed by atoms with Crippen LogP contribution in [0.5, 0.6) is 0 Å². The van der Waals surface area contributed by atoms with Gasteiger partial charge in [0.2, 0.25) is 5.91 Å². The predicted octanol–water partition coefficient (Wildman–Crippen LogP) is 3.16. The first kappa shape index (κ1) is 15.0. The van der Waals surface area contributed by atoms with E-state index in [9.17, 15) is 9.59 Å². The van der Waals surface area contributed by atoms with E-state index in [0.717, 1.165) is 17.7 Å². The molecule has 0 saturated heterocycles. The van der Waals surface area contributed by atoms with Crippen molar-refractivity contribution in [1.82, 2.24) is 4.90 Å². The lowest BCUT2D eigenvalue weighted by Gasteiger charge is -2.32. The molecular weight excluding hydrogens is 274 g/mol. The Morgan fingerprint density at radius 3 is 2.70 bits per heavy atom. The predicted molar refractivity (Wildman–Crippen MR) is 78.6 cm³/mol. The Morgan fingerprint density at radius 1 is 1.40 bits per heavy atom. The van der Waals surface area contributed by atoms with Crippen LogP contribution in [0.1, 0.15) is 43.5 Å². The minimum Gasteiger partial charge on any atom is -0.481 e. The molecule has 1 aromatic rings. The highest BCUT2D eigenvalue weighted by atomic mass is 32.1. The van der Waals surface area contributed by atoms with E-state index in [0.29, 0.717) is 12.8 Å². The summed E-state index contributed by atoms with van der Waals surface area (Å²) in [6, 6.07) is 4.06. The summed E-state index contributed by atoms with van der Waals surface area (Å²) in [5.41, 5.74) is 0. The molecule has 5 heteroatoms. The summed E-state index contributed by atoms with van der Waals surface area (Å²) in [7, 11) is 1.82. The maximum atomic E-state index is 12.5. The fourth-order valence-corrected chi connectivity index (χ4v) is 3.66. The van der Waals surface area contributed by atoms with Crippen LogP contribution in [0.3, 0.4) is 0 Å². The molecular formula is C15H21NO3S. The Bertz CT molecular complexity index is 471. The molecule has 0 aliphatic heterocycles. The van der Waals surface area contributed by atoms with Gasteiger partial charge in [-0.3, -0.25) is 9.59 Å². The van der Waals surface area contributed by atoms with E-state index in [1.165, 1.54) is 0 Å². The Balaban J connectivity index is 2.01. The fourth-order valence-electron chi connectivity index (χ4n) is 2.84. The molecule has 0 radical (unpaired) electrons. The maximum absolute atomic E-state index is 12.5. The Hall–Kier alpha value is -1.36. The third-order valence-electron chi connectivity index (χ3n) is 4.26. The second kappa shape index (κ2) is 6.39. The van der Waals surface area contributed by atoms with E-state index in [4.69, 9.17) is 5.11 Å². The van der Waals surface area contributed by atoms with Crippen molar-refractivity contribution in [2.24, 2.45) is 11.8 Å². The number of carbonyl (C=O) groups excluding carboxylic acids is 1. The number of hydrogen-bond acceptors (Lipinski definition) is 3. The average molecular weight is 295 g/mol. The zero-order valence-electron chi connectivity index (χ0n) is 11.9. The van der Waals surface area contributed by atoms with Crippen molar-refractivity contribution < 1.29 is 14.7 Å². The number of carboxylic acid groups (broad SMARTS) is 1. The lowest BCUT2D eigenvalue weighted by atomic mass is 9.80. The summed E-state index contributed by atoms with van der Waals surface area (Å²) in [5.74, 6) is -1.19. The van der Waals surface area contributed by atoms with Crippen molar-refractivity contribution in [3.8, 4) is 0 Å². The fraction of sp³-hybridized carbons (Fsp3) is 0.600. The van der Waals surface area contributed by atoms with Gasteiger partial charge in [-0.25, -0.2) is 0 Å². The van der Waals surface area contributed by atoms with E-state index in [-0.39, 0.29) is 23.8 Å². The van der Waals surface area contributed by atoms with Gasteiger partial charge in [0.05, 0.1) is 12.0 Å². The quantitative estimate of drug-likeness (QED) is 0.928. The van der Waals surface area contributed by atoms with E-state index in [2.05, 4.69) is 0 Å². The third-order valence-corrected chi connectivity index (χ3v) is 5.30. The molecule has 0 aromatic carbocycles. The molecule has 1 aliphatic rings. The second-order valence-corrected chi connectivity index (χ2v) is 6.52. The molecule has 1 fully saturated rings. The van der Waals surface area contributed by atoms with E-state index in [1.54, 1.807) is 16.2 Å². The smallest absolute Gasteiger partial charge is 0.306 e. The highest BCUT2D eigenvalue weighted by Crippen LogP contribution is 2.32. The molecule has 1 aliphatic carbocycles. The van der Waals surface area contributed by atoms with Crippen molar-refractivity contribution in [3.05, 3.63) is 22.4 Å². The molecule has 20 heavy (non-hydrogen) atoms. The number of carbonyl (C=O) groups is 2. The molecule has 1 N–H and O–H groups in total. The lowest BCUT2D eigenvalue weighted by molar-refractivity contribution is -0.145. The van der Waals surface area contributed by atoms with Crippen LogP contribution in [-0.4, -0.2) is 28.9 Å². The largest absolute Gasteiger partial charge is 0.481 e. The third kappa shape index (κ3) is 3.20. The van der Waals surface area contributed by atoms with Gasteiger partial charge in [-0.2, -0.15) is 0 Å². The molecule has 0 bridgehead atoms. The SMILES string of the molecule is C[C@H](c1cccs1)N(C)C(=O)[C@@H]1CCC[C@@H](C(=O)O)C1. The molecule has 110 valence electrons. The van der Waals surface area contributed by atoms with Crippen LogP contribution in [0.4, 0.5) is 0 Å². The molecule has 1 amide bonds. The Labute approximate surface area is 123 Å². The molecule has 1 saturated carbocycles. The van der Waals surface area contributed by atoms with Gasteiger partial charge in [-0.05, 0) is 37.6 Å². The monoisotopic (exact) mass is 295 g/mol. The average Bonchev–Trinajstić information content (AvgIpc) is 2.99. The molecule has 4 nitrogen and oxygen atoms in total. The van der Waals surface area contributed by atoms with Crippen molar-refractivity contribution in [1.29, 1.82) is 0 Å². The van der Waals surface area contributed by atoms with E-state index in [1.807, 2.05) is 31.5 Å². The minimum atomic E-state index is -0.767. The van der Waals surface area contributed by atoms with Crippen molar-refractivity contribution in [2.75, 3.05) is 7.05 Å². The zero-order chi connectivity index (χ0) is 14.7. The minimum absolute atomic E-state index is 0.0488. The maximum Gasteiger partial charge on any atom is 0.306 e. The van der Waals surface area contributed by atoms with Gasteiger partial charge in [0, 0.05) is 17.8 Å². The molecule has 0 unspecified atom stereocenters. The van der Waals surface area contributed by atoms with Gasteiger partial charge in [0.15, 0.2) is 0 Å². The second-order valence-electron chi connectivity index (χ2n) is 5.54. The van der Waals surface area contributed by atoms with Gasteiger partial charge in [0.1, 0.15) is 0 Å². The lowest BCUT2D eigenvalue weighted by Crippen LogP contribution is -2.38.